The van der Waals surface area contributed by atoms with Gasteiger partial charge in [-0.05, 0) is 34.6 Å². The summed E-state index contributed by atoms with van der Waals surface area (Å²) in [6, 6.07) is 0. The van der Waals surface area contributed by atoms with E-state index in [2.05, 4.69) is 0 Å². The van der Waals surface area contributed by atoms with Crippen molar-refractivity contribution in [1.82, 2.24) is 0 Å². The van der Waals surface area contributed by atoms with Crippen LogP contribution >= 0.6 is 7.60 Å². The van der Waals surface area contributed by atoms with E-state index in [0.29, 0.717) is 6.61 Å². The molecule has 0 aliphatic heterocycles. The maximum Gasteiger partial charge on any atom is 0.327 e. The van der Waals surface area contributed by atoms with E-state index in [9.17, 15) is 4.57 Å². The fourth-order valence-electron chi connectivity index (χ4n) is 1.16. The normalized spacial score (nSPS) is 18.1. The van der Waals surface area contributed by atoms with E-state index in [4.69, 9.17) is 13.8 Å². The standard InChI is InChI=1S/C10H23O4P/c1-8(2)13-10(5)7-12-15(6,11)14-9(3)4/h8-10H,7H2,1-6H3/t10-,15?/m0/s1. The first kappa shape index (κ1) is 15.1. The van der Waals surface area contributed by atoms with Gasteiger partial charge in [0.25, 0.3) is 0 Å². The van der Waals surface area contributed by atoms with Crippen LogP contribution in [-0.2, 0) is 18.3 Å². The molecule has 15 heavy (non-hydrogen) atoms. The summed E-state index contributed by atoms with van der Waals surface area (Å²) in [5.74, 6) is 0. The fourth-order valence-corrected chi connectivity index (χ4v) is 2.47. The molecule has 0 aromatic carbocycles. The number of hydrogen-bond donors (Lipinski definition) is 0. The Bertz CT molecular complexity index is 215. The molecule has 0 amide bonds. The van der Waals surface area contributed by atoms with Crippen LogP contribution in [0.25, 0.3) is 0 Å². The lowest BCUT2D eigenvalue weighted by Gasteiger charge is -2.20. The highest BCUT2D eigenvalue weighted by Gasteiger charge is 2.20. The first-order valence-electron chi connectivity index (χ1n) is 5.29. The van der Waals surface area contributed by atoms with Crippen molar-refractivity contribution in [2.24, 2.45) is 0 Å². The van der Waals surface area contributed by atoms with Crippen molar-refractivity contribution in [2.75, 3.05) is 13.3 Å². The Labute approximate surface area is 92.8 Å². The number of hydrogen-bond acceptors (Lipinski definition) is 4. The summed E-state index contributed by atoms with van der Waals surface area (Å²) in [6.45, 7) is 11.2. The molecule has 1 unspecified atom stereocenters. The lowest BCUT2D eigenvalue weighted by molar-refractivity contribution is -0.0103. The van der Waals surface area contributed by atoms with Gasteiger partial charge in [0.1, 0.15) is 0 Å². The molecule has 0 bridgehead atoms. The average molecular weight is 238 g/mol. The summed E-state index contributed by atoms with van der Waals surface area (Å²) < 4.78 is 27.5. The molecular weight excluding hydrogens is 215 g/mol. The zero-order valence-electron chi connectivity index (χ0n) is 10.5. The molecule has 0 rings (SSSR count). The topological polar surface area (TPSA) is 44.8 Å². The van der Waals surface area contributed by atoms with Crippen LogP contribution in [-0.4, -0.2) is 31.6 Å². The maximum atomic E-state index is 11.7. The van der Waals surface area contributed by atoms with E-state index in [1.807, 2.05) is 34.6 Å². The van der Waals surface area contributed by atoms with Gasteiger partial charge in [0.05, 0.1) is 24.9 Å². The Hall–Kier alpha value is 0.110. The Morgan fingerprint density at radius 3 is 2.00 bits per heavy atom. The summed E-state index contributed by atoms with van der Waals surface area (Å²) in [5, 5.41) is 0. The van der Waals surface area contributed by atoms with Crippen LogP contribution in [0.2, 0.25) is 0 Å². The third kappa shape index (κ3) is 9.06. The Morgan fingerprint density at radius 1 is 1.07 bits per heavy atom. The third-order valence-electron chi connectivity index (χ3n) is 1.45. The molecular formula is C10H23O4P. The molecule has 2 atom stereocenters. The maximum absolute atomic E-state index is 11.7. The zero-order valence-corrected chi connectivity index (χ0v) is 11.4. The SMILES string of the molecule is CC(C)O[C@@H](C)COP(C)(=O)OC(C)C. The molecule has 0 spiro atoms. The molecule has 0 aromatic rings. The largest absolute Gasteiger partial charge is 0.373 e. The average Bonchev–Trinajstić information content (AvgIpc) is 1.97. The predicted molar refractivity (Wildman–Crippen MR) is 61.4 cm³/mol. The molecule has 0 saturated heterocycles. The number of rotatable bonds is 7. The number of ether oxygens (including phenoxy) is 1. The van der Waals surface area contributed by atoms with Crippen molar-refractivity contribution in [3.05, 3.63) is 0 Å². The van der Waals surface area contributed by atoms with Crippen molar-refractivity contribution >= 4 is 7.60 Å². The minimum atomic E-state index is -2.93. The molecule has 0 aliphatic rings. The van der Waals surface area contributed by atoms with E-state index in [1.165, 1.54) is 6.66 Å². The first-order chi connectivity index (χ1) is 6.73. The van der Waals surface area contributed by atoms with Gasteiger partial charge in [-0.15, -0.1) is 0 Å². The molecule has 0 fully saturated rings. The Morgan fingerprint density at radius 2 is 1.60 bits per heavy atom. The van der Waals surface area contributed by atoms with E-state index in [0.717, 1.165) is 0 Å². The molecule has 0 radical (unpaired) electrons. The summed E-state index contributed by atoms with van der Waals surface area (Å²) in [4.78, 5) is 0. The minimum Gasteiger partial charge on any atom is -0.373 e. The van der Waals surface area contributed by atoms with Crippen molar-refractivity contribution in [3.63, 3.8) is 0 Å². The smallest absolute Gasteiger partial charge is 0.327 e. The molecule has 0 N–H and O–H groups in total. The van der Waals surface area contributed by atoms with Gasteiger partial charge >= 0.3 is 7.60 Å². The van der Waals surface area contributed by atoms with Gasteiger partial charge in [0.2, 0.25) is 0 Å². The van der Waals surface area contributed by atoms with Crippen LogP contribution in [0.4, 0.5) is 0 Å². The lowest BCUT2D eigenvalue weighted by Crippen LogP contribution is -2.20. The summed E-state index contributed by atoms with van der Waals surface area (Å²) in [7, 11) is -2.93. The first-order valence-corrected chi connectivity index (χ1v) is 7.28. The summed E-state index contributed by atoms with van der Waals surface area (Å²) >= 11 is 0. The van der Waals surface area contributed by atoms with Crippen LogP contribution in [0.15, 0.2) is 0 Å². The fraction of sp³-hybridized carbons (Fsp3) is 1.00. The van der Waals surface area contributed by atoms with Gasteiger partial charge < -0.3 is 13.8 Å². The van der Waals surface area contributed by atoms with Crippen molar-refractivity contribution in [1.29, 1.82) is 0 Å². The van der Waals surface area contributed by atoms with E-state index in [-0.39, 0.29) is 18.3 Å². The highest BCUT2D eigenvalue weighted by molar-refractivity contribution is 7.53. The second kappa shape index (κ2) is 6.64. The quantitative estimate of drug-likeness (QED) is 0.639. The van der Waals surface area contributed by atoms with Crippen molar-refractivity contribution < 1.29 is 18.3 Å². The predicted octanol–water partition coefficient (Wildman–Crippen LogP) is 3.06. The van der Waals surface area contributed by atoms with Gasteiger partial charge in [-0.2, -0.15) is 0 Å². The highest BCUT2D eigenvalue weighted by atomic mass is 31.2. The summed E-state index contributed by atoms with van der Waals surface area (Å²) in [5.41, 5.74) is 0. The Kier molecular flexibility index (Phi) is 6.69. The second-order valence-electron chi connectivity index (χ2n) is 4.22. The van der Waals surface area contributed by atoms with Gasteiger partial charge in [-0.1, -0.05) is 0 Å². The van der Waals surface area contributed by atoms with Crippen LogP contribution in [0.3, 0.4) is 0 Å². The van der Waals surface area contributed by atoms with E-state index >= 15 is 0 Å². The molecule has 92 valence electrons. The van der Waals surface area contributed by atoms with E-state index < -0.39 is 7.60 Å². The highest BCUT2D eigenvalue weighted by Crippen LogP contribution is 2.45. The van der Waals surface area contributed by atoms with Crippen molar-refractivity contribution in [3.8, 4) is 0 Å². The molecule has 4 nitrogen and oxygen atoms in total. The van der Waals surface area contributed by atoms with Crippen LogP contribution in [0, 0.1) is 0 Å². The Balaban J connectivity index is 3.87. The van der Waals surface area contributed by atoms with E-state index in [1.54, 1.807) is 0 Å². The monoisotopic (exact) mass is 238 g/mol. The molecule has 0 aliphatic carbocycles. The summed E-state index contributed by atoms with van der Waals surface area (Å²) in [6.07, 6.45) is -0.0259. The van der Waals surface area contributed by atoms with Gasteiger partial charge in [-0.25, -0.2) is 0 Å². The zero-order chi connectivity index (χ0) is 12.1. The van der Waals surface area contributed by atoms with Crippen LogP contribution in [0.1, 0.15) is 34.6 Å². The van der Waals surface area contributed by atoms with Gasteiger partial charge in [-0.3, -0.25) is 4.57 Å². The molecule has 0 aromatic heterocycles. The third-order valence-corrected chi connectivity index (χ3v) is 2.87. The lowest BCUT2D eigenvalue weighted by atomic mass is 10.4. The van der Waals surface area contributed by atoms with Crippen molar-refractivity contribution in [2.45, 2.75) is 52.9 Å². The van der Waals surface area contributed by atoms with Crippen LogP contribution in [0.5, 0.6) is 0 Å². The minimum absolute atomic E-state index is 0.0750. The molecule has 5 heteroatoms. The second-order valence-corrected chi connectivity index (χ2v) is 6.23. The molecule has 0 saturated carbocycles. The van der Waals surface area contributed by atoms with Gasteiger partial charge in [0.15, 0.2) is 0 Å². The van der Waals surface area contributed by atoms with Gasteiger partial charge in [0, 0.05) is 6.66 Å². The van der Waals surface area contributed by atoms with Crippen LogP contribution < -0.4 is 0 Å². The molecule has 0 heterocycles.